The summed E-state index contributed by atoms with van der Waals surface area (Å²) in [7, 11) is -2.06. The maximum atomic E-state index is 12.7. The van der Waals surface area contributed by atoms with Crippen LogP contribution in [0.25, 0.3) is 10.8 Å². The van der Waals surface area contributed by atoms with Crippen molar-refractivity contribution in [3.8, 4) is 0 Å². The molecule has 6 nitrogen and oxygen atoms in total. The van der Waals surface area contributed by atoms with Gasteiger partial charge in [0.1, 0.15) is 0 Å². The van der Waals surface area contributed by atoms with Gasteiger partial charge in [-0.05, 0) is 17.9 Å². The number of hydrogen-bond acceptors (Lipinski definition) is 4. The van der Waals surface area contributed by atoms with Gasteiger partial charge in [-0.2, -0.15) is 5.10 Å². The fraction of sp³-hybridized carbons (Fsp3) is 0.235. The Labute approximate surface area is 141 Å². The lowest BCUT2D eigenvalue weighted by Crippen LogP contribution is -2.14. The first-order chi connectivity index (χ1) is 11.6. The first-order valence-electron chi connectivity index (χ1n) is 7.63. The maximum Gasteiger partial charge on any atom is 0.263 e. The van der Waals surface area contributed by atoms with E-state index in [2.05, 4.69) is 9.82 Å². The quantitative estimate of drug-likeness (QED) is 0.668. The number of sulfonamides is 1. The van der Waals surface area contributed by atoms with E-state index in [1.165, 1.54) is 0 Å². The van der Waals surface area contributed by atoms with E-state index in [-0.39, 0.29) is 4.90 Å². The van der Waals surface area contributed by atoms with Crippen LogP contribution in [0.1, 0.15) is 6.42 Å². The molecule has 0 unspecified atom stereocenters. The normalized spacial score (nSPS) is 11.7. The number of aromatic nitrogens is 2. The number of ether oxygens (including phenoxy) is 1. The van der Waals surface area contributed by atoms with Crippen LogP contribution in [0, 0.1) is 0 Å². The van der Waals surface area contributed by atoms with E-state index in [9.17, 15) is 8.42 Å². The third kappa shape index (κ3) is 3.58. The number of benzene rings is 2. The lowest BCUT2D eigenvalue weighted by atomic mass is 10.1. The Balaban J connectivity index is 1.83. The molecule has 126 valence electrons. The molecule has 3 aromatic rings. The van der Waals surface area contributed by atoms with Crippen molar-refractivity contribution in [1.29, 1.82) is 0 Å². The number of rotatable bonds is 7. The van der Waals surface area contributed by atoms with Crippen molar-refractivity contribution in [2.24, 2.45) is 0 Å². The molecule has 0 fully saturated rings. The molecule has 0 bridgehead atoms. The average molecular weight is 345 g/mol. The first-order valence-corrected chi connectivity index (χ1v) is 9.11. The third-order valence-electron chi connectivity index (χ3n) is 3.65. The zero-order chi connectivity index (χ0) is 17.0. The van der Waals surface area contributed by atoms with E-state index in [1.807, 2.05) is 24.3 Å². The fourth-order valence-corrected chi connectivity index (χ4v) is 3.76. The van der Waals surface area contributed by atoms with E-state index in [0.717, 1.165) is 11.8 Å². The van der Waals surface area contributed by atoms with E-state index in [1.54, 1.807) is 42.3 Å². The number of aryl methyl sites for hydroxylation is 1. The lowest BCUT2D eigenvalue weighted by Gasteiger charge is -2.08. The summed E-state index contributed by atoms with van der Waals surface area (Å²) in [6, 6.07) is 14.3. The molecule has 0 saturated heterocycles. The van der Waals surface area contributed by atoms with Gasteiger partial charge in [-0.1, -0.05) is 36.4 Å². The van der Waals surface area contributed by atoms with Crippen LogP contribution < -0.4 is 4.72 Å². The lowest BCUT2D eigenvalue weighted by molar-refractivity contribution is 0.189. The van der Waals surface area contributed by atoms with Gasteiger partial charge < -0.3 is 4.74 Å². The second-order valence-corrected chi connectivity index (χ2v) is 7.04. The Hall–Kier alpha value is -2.38. The Bertz CT molecular complexity index is 930. The number of anilines is 1. The molecule has 0 spiro atoms. The van der Waals surface area contributed by atoms with Crippen LogP contribution in [-0.2, 0) is 21.3 Å². The number of fused-ring (bicyclic) bond motifs is 1. The number of nitrogens with one attached hydrogen (secondary N) is 1. The molecule has 0 amide bonds. The molecule has 1 heterocycles. The molecule has 1 aromatic heterocycles. The van der Waals surface area contributed by atoms with Crippen molar-refractivity contribution < 1.29 is 13.2 Å². The van der Waals surface area contributed by atoms with Crippen LogP contribution in [0.15, 0.2) is 59.6 Å². The molecule has 0 saturated carbocycles. The van der Waals surface area contributed by atoms with Gasteiger partial charge in [0, 0.05) is 37.9 Å². The molecule has 0 aliphatic rings. The zero-order valence-electron chi connectivity index (χ0n) is 13.3. The van der Waals surface area contributed by atoms with Gasteiger partial charge >= 0.3 is 0 Å². The highest BCUT2D eigenvalue weighted by molar-refractivity contribution is 7.93. The molecule has 0 aliphatic carbocycles. The molecule has 2 aromatic carbocycles. The van der Waals surface area contributed by atoms with Gasteiger partial charge in [0.2, 0.25) is 0 Å². The highest BCUT2D eigenvalue weighted by atomic mass is 32.2. The van der Waals surface area contributed by atoms with Crippen molar-refractivity contribution in [3.05, 3.63) is 54.7 Å². The summed E-state index contributed by atoms with van der Waals surface area (Å²) in [6.07, 6.45) is 2.56. The van der Waals surface area contributed by atoms with Crippen molar-refractivity contribution in [2.45, 2.75) is 17.9 Å². The van der Waals surface area contributed by atoms with E-state index < -0.39 is 10.0 Å². The van der Waals surface area contributed by atoms with Crippen LogP contribution in [0.4, 0.5) is 5.82 Å². The van der Waals surface area contributed by atoms with Crippen LogP contribution >= 0.6 is 0 Å². The van der Waals surface area contributed by atoms with Crippen molar-refractivity contribution in [2.75, 3.05) is 18.4 Å². The number of nitrogens with zero attached hydrogens (tertiary/aromatic N) is 2. The summed E-state index contributed by atoms with van der Waals surface area (Å²) in [5.41, 5.74) is 0. The third-order valence-corrected chi connectivity index (χ3v) is 5.07. The summed E-state index contributed by atoms with van der Waals surface area (Å²) in [5, 5.41) is 5.81. The predicted octanol–water partition coefficient (Wildman–Crippen LogP) is 2.87. The minimum Gasteiger partial charge on any atom is -0.385 e. The minimum atomic E-state index is -3.70. The standard InChI is InChI=1S/C17H19N3O3S/c1-23-13-5-11-20-12-10-17(18-20)19-24(21,22)16-9-4-7-14-6-2-3-8-15(14)16/h2-4,6-10,12H,5,11,13H2,1H3,(H,18,19). The minimum absolute atomic E-state index is 0.245. The monoisotopic (exact) mass is 345 g/mol. The molecule has 0 atom stereocenters. The molecule has 7 heteroatoms. The Morgan fingerprint density at radius 1 is 1.12 bits per heavy atom. The largest absolute Gasteiger partial charge is 0.385 e. The van der Waals surface area contributed by atoms with E-state index in [4.69, 9.17) is 4.74 Å². The maximum absolute atomic E-state index is 12.7. The zero-order valence-corrected chi connectivity index (χ0v) is 14.2. The average Bonchev–Trinajstić information content (AvgIpc) is 3.01. The highest BCUT2D eigenvalue weighted by Gasteiger charge is 2.18. The fourth-order valence-electron chi connectivity index (χ4n) is 2.53. The highest BCUT2D eigenvalue weighted by Crippen LogP contribution is 2.24. The topological polar surface area (TPSA) is 73.2 Å². The van der Waals surface area contributed by atoms with Gasteiger partial charge in [0.05, 0.1) is 4.90 Å². The van der Waals surface area contributed by atoms with E-state index in [0.29, 0.717) is 24.4 Å². The molecule has 0 aliphatic heterocycles. The van der Waals surface area contributed by atoms with Crippen LogP contribution in [0.3, 0.4) is 0 Å². The van der Waals surface area contributed by atoms with Crippen LogP contribution in [0.2, 0.25) is 0 Å². The summed E-state index contributed by atoms with van der Waals surface area (Å²) < 4.78 is 34.6. The molecule has 3 rings (SSSR count). The number of methoxy groups -OCH3 is 1. The van der Waals surface area contributed by atoms with Gasteiger partial charge in [-0.15, -0.1) is 0 Å². The first kappa shape index (κ1) is 16.5. The summed E-state index contributed by atoms with van der Waals surface area (Å²) in [5.74, 6) is 0.306. The summed E-state index contributed by atoms with van der Waals surface area (Å²) in [4.78, 5) is 0.245. The van der Waals surface area contributed by atoms with Gasteiger partial charge in [-0.3, -0.25) is 9.40 Å². The Morgan fingerprint density at radius 3 is 2.75 bits per heavy atom. The van der Waals surface area contributed by atoms with Crippen LogP contribution in [-0.4, -0.2) is 31.9 Å². The van der Waals surface area contributed by atoms with Crippen LogP contribution in [0.5, 0.6) is 0 Å². The predicted molar refractivity (Wildman–Crippen MR) is 93.5 cm³/mol. The molecular formula is C17H19N3O3S. The van der Waals surface area contributed by atoms with Gasteiger partial charge in [0.15, 0.2) is 5.82 Å². The van der Waals surface area contributed by atoms with Crippen molar-refractivity contribution in [1.82, 2.24) is 9.78 Å². The Morgan fingerprint density at radius 2 is 1.92 bits per heavy atom. The molecular weight excluding hydrogens is 326 g/mol. The molecule has 24 heavy (non-hydrogen) atoms. The number of hydrogen-bond donors (Lipinski definition) is 1. The summed E-state index contributed by atoms with van der Waals surface area (Å²) in [6.45, 7) is 1.31. The summed E-state index contributed by atoms with van der Waals surface area (Å²) >= 11 is 0. The second kappa shape index (κ2) is 7.02. The van der Waals surface area contributed by atoms with E-state index >= 15 is 0 Å². The second-order valence-electron chi connectivity index (χ2n) is 5.39. The smallest absolute Gasteiger partial charge is 0.263 e. The SMILES string of the molecule is COCCCn1ccc(NS(=O)(=O)c2cccc3ccccc23)n1. The van der Waals surface area contributed by atoms with Crippen molar-refractivity contribution in [3.63, 3.8) is 0 Å². The molecule has 1 N–H and O–H groups in total. The van der Waals surface area contributed by atoms with Gasteiger partial charge in [0.25, 0.3) is 10.0 Å². The molecule has 0 radical (unpaired) electrons. The Kier molecular flexibility index (Phi) is 4.82. The van der Waals surface area contributed by atoms with Gasteiger partial charge in [-0.25, -0.2) is 8.42 Å². The van der Waals surface area contributed by atoms with Crippen molar-refractivity contribution >= 4 is 26.6 Å².